The first kappa shape index (κ1) is 16.0. The van der Waals surface area contributed by atoms with E-state index >= 15 is 0 Å². The Hall–Kier alpha value is -1.84. The zero-order chi connectivity index (χ0) is 16.4. The molecule has 1 atom stereocenters. The van der Waals surface area contributed by atoms with E-state index in [4.69, 9.17) is 0 Å². The van der Waals surface area contributed by atoms with Crippen LogP contribution in [0.15, 0.2) is 30.5 Å². The number of halogens is 2. The van der Waals surface area contributed by atoms with Crippen LogP contribution >= 0.6 is 0 Å². The molecule has 1 aliphatic carbocycles. The van der Waals surface area contributed by atoms with Gasteiger partial charge < -0.3 is 0 Å². The van der Waals surface area contributed by atoms with Crippen LogP contribution in [0.4, 0.5) is 8.78 Å². The Labute approximate surface area is 136 Å². The smallest absolute Gasteiger partial charge is 0.224 e. The Balaban J connectivity index is 1.98. The molecule has 0 aromatic carbocycles. The van der Waals surface area contributed by atoms with Crippen LogP contribution in [0.2, 0.25) is 0 Å². The predicted octanol–water partition coefficient (Wildman–Crippen LogP) is 5.50. The van der Waals surface area contributed by atoms with Crippen LogP contribution in [0.5, 0.6) is 0 Å². The first-order valence-corrected chi connectivity index (χ1v) is 8.32. The van der Waals surface area contributed by atoms with Gasteiger partial charge in [0.1, 0.15) is 0 Å². The lowest BCUT2D eigenvalue weighted by molar-refractivity contribution is 0.254. The molecule has 2 heterocycles. The van der Waals surface area contributed by atoms with Gasteiger partial charge in [0.15, 0.2) is 0 Å². The summed E-state index contributed by atoms with van der Waals surface area (Å²) in [6.45, 7) is 4.56. The summed E-state index contributed by atoms with van der Waals surface area (Å²) in [6, 6.07) is 6.54. The van der Waals surface area contributed by atoms with Crippen molar-refractivity contribution < 1.29 is 8.78 Å². The minimum atomic E-state index is -0.813. The lowest BCUT2D eigenvalue weighted by atomic mass is 9.71. The third-order valence-corrected chi connectivity index (χ3v) is 5.27. The van der Waals surface area contributed by atoms with E-state index in [1.807, 2.05) is 12.1 Å². The van der Waals surface area contributed by atoms with E-state index in [9.17, 15) is 8.78 Å². The Morgan fingerprint density at radius 3 is 2.57 bits per heavy atom. The summed E-state index contributed by atoms with van der Waals surface area (Å²) in [5.41, 5.74) is 2.25. The summed E-state index contributed by atoms with van der Waals surface area (Å²) >= 11 is 0. The van der Waals surface area contributed by atoms with Crippen LogP contribution in [0.3, 0.4) is 0 Å². The Kier molecular flexibility index (Phi) is 4.42. The molecule has 0 aliphatic heterocycles. The van der Waals surface area contributed by atoms with Crippen LogP contribution in [-0.2, 0) is 0 Å². The average molecular weight is 316 g/mol. The van der Waals surface area contributed by atoms with Crippen molar-refractivity contribution in [2.75, 3.05) is 0 Å². The van der Waals surface area contributed by atoms with E-state index in [1.165, 1.54) is 43.4 Å². The zero-order valence-electron chi connectivity index (χ0n) is 13.6. The van der Waals surface area contributed by atoms with Gasteiger partial charge in [0.25, 0.3) is 0 Å². The molecule has 23 heavy (non-hydrogen) atoms. The lowest BCUT2D eigenvalue weighted by Crippen LogP contribution is -2.22. The highest BCUT2D eigenvalue weighted by Gasteiger charge is 2.36. The van der Waals surface area contributed by atoms with E-state index < -0.39 is 11.9 Å². The SMILES string of the molecule is CCC(c1ccnc(-c2ccc(F)nc2F)c1)C1(C)CCCC1. The Bertz CT molecular complexity index is 694. The monoisotopic (exact) mass is 316 g/mol. The van der Waals surface area contributed by atoms with Crippen LogP contribution in [0.25, 0.3) is 11.3 Å². The second kappa shape index (κ2) is 6.34. The number of nitrogens with zero attached hydrogens (tertiary/aromatic N) is 2. The predicted molar refractivity (Wildman–Crippen MR) is 87.0 cm³/mol. The molecule has 0 bridgehead atoms. The van der Waals surface area contributed by atoms with Crippen LogP contribution in [0.1, 0.15) is 57.4 Å². The molecule has 1 aliphatic rings. The van der Waals surface area contributed by atoms with Crippen molar-refractivity contribution in [1.29, 1.82) is 0 Å². The molecule has 0 saturated heterocycles. The molecule has 1 fully saturated rings. The summed E-state index contributed by atoms with van der Waals surface area (Å²) in [4.78, 5) is 7.53. The molecule has 0 N–H and O–H groups in total. The molecule has 0 spiro atoms. The van der Waals surface area contributed by atoms with Gasteiger partial charge in [0.05, 0.1) is 11.3 Å². The van der Waals surface area contributed by atoms with Crippen molar-refractivity contribution in [3.8, 4) is 11.3 Å². The first-order chi connectivity index (χ1) is 11.0. The average Bonchev–Trinajstić information content (AvgIpc) is 2.95. The first-order valence-electron chi connectivity index (χ1n) is 8.32. The maximum absolute atomic E-state index is 13.9. The number of hydrogen-bond acceptors (Lipinski definition) is 2. The molecule has 0 radical (unpaired) electrons. The molecule has 4 heteroatoms. The number of hydrogen-bond donors (Lipinski definition) is 0. The number of pyridine rings is 2. The van der Waals surface area contributed by atoms with Gasteiger partial charge in [-0.2, -0.15) is 13.8 Å². The van der Waals surface area contributed by atoms with Gasteiger partial charge in [0, 0.05) is 6.20 Å². The molecule has 1 saturated carbocycles. The summed E-state index contributed by atoms with van der Waals surface area (Å²) in [5.74, 6) is -1.19. The van der Waals surface area contributed by atoms with Crippen LogP contribution < -0.4 is 0 Å². The van der Waals surface area contributed by atoms with Crippen molar-refractivity contribution in [1.82, 2.24) is 9.97 Å². The molecule has 2 aromatic rings. The second-order valence-electron chi connectivity index (χ2n) is 6.77. The van der Waals surface area contributed by atoms with Crippen molar-refractivity contribution in [2.45, 2.75) is 51.9 Å². The lowest BCUT2D eigenvalue weighted by Gasteiger charge is -2.34. The largest absolute Gasteiger partial charge is 0.256 e. The second-order valence-corrected chi connectivity index (χ2v) is 6.77. The third kappa shape index (κ3) is 3.12. The van der Waals surface area contributed by atoms with E-state index in [1.54, 1.807) is 6.20 Å². The molecular formula is C19H22F2N2. The van der Waals surface area contributed by atoms with Gasteiger partial charge >= 0.3 is 0 Å². The molecule has 3 rings (SSSR count). The summed E-state index contributed by atoms with van der Waals surface area (Å²) < 4.78 is 26.9. The zero-order valence-corrected chi connectivity index (χ0v) is 13.6. The van der Waals surface area contributed by atoms with E-state index in [2.05, 4.69) is 23.8 Å². The fourth-order valence-electron chi connectivity index (χ4n) is 4.08. The van der Waals surface area contributed by atoms with E-state index in [-0.39, 0.29) is 5.56 Å². The maximum atomic E-state index is 13.9. The molecule has 0 amide bonds. The van der Waals surface area contributed by atoms with E-state index in [0.717, 1.165) is 6.42 Å². The van der Waals surface area contributed by atoms with Crippen molar-refractivity contribution in [2.24, 2.45) is 5.41 Å². The summed E-state index contributed by atoms with van der Waals surface area (Å²) in [7, 11) is 0. The third-order valence-electron chi connectivity index (χ3n) is 5.27. The normalized spacial score (nSPS) is 18.1. The number of rotatable bonds is 4. The summed E-state index contributed by atoms with van der Waals surface area (Å²) in [6.07, 6.45) is 7.78. The standard InChI is InChI=1S/C19H22F2N2/c1-3-15(19(2)9-4-5-10-19)13-8-11-22-16(12-13)14-6-7-17(20)23-18(14)21/h6-8,11-12,15H,3-5,9-10H2,1-2H3. The highest BCUT2D eigenvalue weighted by molar-refractivity contribution is 5.59. The molecule has 122 valence electrons. The summed E-state index contributed by atoms with van der Waals surface area (Å²) in [5, 5.41) is 0. The van der Waals surface area contributed by atoms with Crippen molar-refractivity contribution in [3.05, 3.63) is 47.9 Å². The molecule has 2 nitrogen and oxygen atoms in total. The molecule has 1 unspecified atom stereocenters. The van der Waals surface area contributed by atoms with Gasteiger partial charge in [-0.1, -0.05) is 26.7 Å². The maximum Gasteiger partial charge on any atom is 0.224 e. The molecule has 2 aromatic heterocycles. The van der Waals surface area contributed by atoms with Gasteiger partial charge in [-0.15, -0.1) is 0 Å². The number of aromatic nitrogens is 2. The Morgan fingerprint density at radius 2 is 1.91 bits per heavy atom. The van der Waals surface area contributed by atoms with E-state index in [0.29, 0.717) is 17.0 Å². The van der Waals surface area contributed by atoms with Gasteiger partial charge in [-0.3, -0.25) is 4.98 Å². The minimum absolute atomic E-state index is 0.250. The van der Waals surface area contributed by atoms with Gasteiger partial charge in [0.2, 0.25) is 11.9 Å². The van der Waals surface area contributed by atoms with Gasteiger partial charge in [-0.05, 0) is 60.4 Å². The fraction of sp³-hybridized carbons (Fsp3) is 0.474. The Morgan fingerprint density at radius 1 is 1.17 bits per heavy atom. The van der Waals surface area contributed by atoms with Crippen molar-refractivity contribution in [3.63, 3.8) is 0 Å². The highest BCUT2D eigenvalue weighted by Crippen LogP contribution is 2.50. The molecular weight excluding hydrogens is 294 g/mol. The van der Waals surface area contributed by atoms with Crippen LogP contribution in [0, 0.1) is 17.3 Å². The quantitative estimate of drug-likeness (QED) is 0.696. The van der Waals surface area contributed by atoms with Gasteiger partial charge in [-0.25, -0.2) is 0 Å². The fourth-order valence-corrected chi connectivity index (χ4v) is 4.08. The van der Waals surface area contributed by atoms with Crippen molar-refractivity contribution >= 4 is 0 Å². The highest BCUT2D eigenvalue weighted by atomic mass is 19.1. The minimum Gasteiger partial charge on any atom is -0.256 e. The van der Waals surface area contributed by atoms with Crippen LogP contribution in [-0.4, -0.2) is 9.97 Å². The topological polar surface area (TPSA) is 25.8 Å².